The lowest BCUT2D eigenvalue weighted by atomic mass is 9.90. The fourth-order valence-electron chi connectivity index (χ4n) is 3.61. The predicted molar refractivity (Wildman–Crippen MR) is 123 cm³/mol. The SMILES string of the molecule is Cc1cc(C(C)C)c(NC(=O)NS(=O)(=O)Cc2ccc3nc(C)oc3c2)c(C(C)C)c1. The van der Waals surface area contributed by atoms with Crippen molar-refractivity contribution in [2.75, 3.05) is 5.32 Å². The van der Waals surface area contributed by atoms with Crippen LogP contribution in [-0.2, 0) is 15.8 Å². The van der Waals surface area contributed by atoms with Crippen LogP contribution >= 0.6 is 0 Å². The van der Waals surface area contributed by atoms with Crippen LogP contribution in [0.15, 0.2) is 34.7 Å². The zero-order valence-electron chi connectivity index (χ0n) is 18.7. The number of oxazole rings is 1. The Bertz CT molecular complexity index is 1200. The lowest BCUT2D eigenvalue weighted by Crippen LogP contribution is -2.35. The Kier molecular flexibility index (Phi) is 6.40. The number of aryl methyl sites for hydroxylation is 2. The minimum absolute atomic E-state index is 0.168. The summed E-state index contributed by atoms with van der Waals surface area (Å²) in [7, 11) is -3.91. The number of anilines is 1. The van der Waals surface area contributed by atoms with Crippen molar-refractivity contribution in [2.24, 2.45) is 0 Å². The average Bonchev–Trinajstić information content (AvgIpc) is 3.00. The molecular formula is C23H29N3O4S. The van der Waals surface area contributed by atoms with Gasteiger partial charge in [-0.15, -0.1) is 0 Å². The van der Waals surface area contributed by atoms with E-state index in [1.54, 1.807) is 25.1 Å². The fraction of sp³-hybridized carbons (Fsp3) is 0.391. The molecule has 31 heavy (non-hydrogen) atoms. The Hall–Kier alpha value is -2.87. The minimum Gasteiger partial charge on any atom is -0.441 e. The van der Waals surface area contributed by atoms with Gasteiger partial charge in [0.15, 0.2) is 11.5 Å². The summed E-state index contributed by atoms with van der Waals surface area (Å²) in [6.45, 7) is 11.9. The maximum atomic E-state index is 12.6. The molecular weight excluding hydrogens is 414 g/mol. The minimum atomic E-state index is -3.91. The first-order valence-corrected chi connectivity index (χ1v) is 11.9. The van der Waals surface area contributed by atoms with Gasteiger partial charge in [0.1, 0.15) is 5.52 Å². The second kappa shape index (κ2) is 8.70. The number of nitrogens with one attached hydrogen (secondary N) is 2. The molecule has 0 atom stereocenters. The van der Waals surface area contributed by atoms with E-state index in [2.05, 4.69) is 15.0 Å². The zero-order chi connectivity index (χ0) is 22.9. The van der Waals surface area contributed by atoms with Gasteiger partial charge in [-0.3, -0.25) is 0 Å². The van der Waals surface area contributed by atoms with Crippen LogP contribution in [0.5, 0.6) is 0 Å². The third-order valence-corrected chi connectivity index (χ3v) is 6.20. The fourth-order valence-corrected chi connectivity index (χ4v) is 4.63. The number of carbonyl (C=O) groups excluding carboxylic acids is 1. The van der Waals surface area contributed by atoms with Gasteiger partial charge in [0.05, 0.1) is 5.75 Å². The first-order chi connectivity index (χ1) is 14.4. The molecule has 7 nitrogen and oxygen atoms in total. The van der Waals surface area contributed by atoms with Gasteiger partial charge in [-0.05, 0) is 47.6 Å². The van der Waals surface area contributed by atoms with Crippen LogP contribution in [0, 0.1) is 13.8 Å². The van der Waals surface area contributed by atoms with E-state index in [4.69, 9.17) is 4.42 Å². The van der Waals surface area contributed by atoms with Gasteiger partial charge >= 0.3 is 6.03 Å². The highest BCUT2D eigenvalue weighted by Gasteiger charge is 2.21. The Morgan fingerprint density at radius 3 is 2.23 bits per heavy atom. The topological polar surface area (TPSA) is 101 Å². The normalized spacial score (nSPS) is 12.0. The summed E-state index contributed by atoms with van der Waals surface area (Å²) < 4.78 is 32.8. The van der Waals surface area contributed by atoms with E-state index < -0.39 is 16.1 Å². The maximum absolute atomic E-state index is 12.6. The summed E-state index contributed by atoms with van der Waals surface area (Å²) in [4.78, 5) is 16.8. The molecule has 8 heteroatoms. The number of nitrogens with zero attached hydrogens (tertiary/aromatic N) is 1. The second-order valence-corrected chi connectivity index (χ2v) is 10.2. The van der Waals surface area contributed by atoms with Gasteiger partial charge in [0, 0.05) is 12.6 Å². The van der Waals surface area contributed by atoms with E-state index >= 15 is 0 Å². The van der Waals surface area contributed by atoms with Gasteiger partial charge in [-0.1, -0.05) is 51.5 Å². The molecule has 0 aliphatic rings. The van der Waals surface area contributed by atoms with Crippen LogP contribution < -0.4 is 10.0 Å². The summed E-state index contributed by atoms with van der Waals surface area (Å²) in [5, 5.41) is 2.79. The summed E-state index contributed by atoms with van der Waals surface area (Å²) in [5.41, 5.74) is 5.39. The third-order valence-electron chi connectivity index (χ3n) is 4.99. The molecule has 0 saturated carbocycles. The van der Waals surface area contributed by atoms with E-state index in [9.17, 15) is 13.2 Å². The molecule has 2 aromatic carbocycles. The number of carbonyl (C=O) groups is 1. The van der Waals surface area contributed by atoms with Crippen molar-refractivity contribution >= 4 is 32.8 Å². The first kappa shape index (κ1) is 22.8. The van der Waals surface area contributed by atoms with E-state index in [0.29, 0.717) is 28.2 Å². The highest BCUT2D eigenvalue weighted by atomic mass is 32.2. The zero-order valence-corrected chi connectivity index (χ0v) is 19.6. The molecule has 0 aliphatic heterocycles. The summed E-state index contributed by atoms with van der Waals surface area (Å²) in [6, 6.07) is 8.26. The molecule has 3 rings (SSSR count). The molecule has 2 amide bonds. The number of amides is 2. The number of rotatable bonds is 6. The molecule has 2 N–H and O–H groups in total. The summed E-state index contributed by atoms with van der Waals surface area (Å²) in [5.74, 6) is 0.494. The van der Waals surface area contributed by atoms with E-state index in [0.717, 1.165) is 16.7 Å². The number of fused-ring (bicyclic) bond motifs is 1. The largest absolute Gasteiger partial charge is 0.441 e. The Morgan fingerprint density at radius 1 is 1.03 bits per heavy atom. The van der Waals surface area contributed by atoms with Crippen LogP contribution in [0.3, 0.4) is 0 Å². The number of sulfonamides is 1. The number of aromatic nitrogens is 1. The standard InChI is InChI=1S/C23H29N3O4S/c1-13(2)18-9-15(5)10-19(14(3)4)22(18)25-23(27)26-31(28,29)12-17-7-8-20-21(11-17)30-16(6)24-20/h7-11,13-14H,12H2,1-6H3,(H2,25,26,27). The highest BCUT2D eigenvalue weighted by molar-refractivity contribution is 7.89. The predicted octanol–water partition coefficient (Wildman–Crippen LogP) is 5.34. The monoisotopic (exact) mass is 443 g/mol. The van der Waals surface area contributed by atoms with E-state index in [1.807, 2.05) is 46.8 Å². The van der Waals surface area contributed by atoms with Crippen molar-refractivity contribution in [1.82, 2.24) is 9.71 Å². The molecule has 0 unspecified atom stereocenters. The van der Waals surface area contributed by atoms with Crippen molar-refractivity contribution in [3.8, 4) is 0 Å². The molecule has 0 fully saturated rings. The van der Waals surface area contributed by atoms with Gasteiger partial charge in [0.25, 0.3) is 0 Å². The van der Waals surface area contributed by atoms with Gasteiger partial charge in [-0.2, -0.15) is 0 Å². The van der Waals surface area contributed by atoms with Crippen LogP contribution in [0.25, 0.3) is 11.1 Å². The molecule has 0 aliphatic carbocycles. The Morgan fingerprint density at radius 2 is 1.65 bits per heavy atom. The van der Waals surface area contributed by atoms with Crippen LogP contribution in [-0.4, -0.2) is 19.4 Å². The van der Waals surface area contributed by atoms with Gasteiger partial charge < -0.3 is 9.73 Å². The number of hydrogen-bond donors (Lipinski definition) is 2. The number of hydrogen-bond acceptors (Lipinski definition) is 5. The summed E-state index contributed by atoms with van der Waals surface area (Å²) >= 11 is 0. The van der Waals surface area contributed by atoms with Crippen LogP contribution in [0.2, 0.25) is 0 Å². The van der Waals surface area contributed by atoms with Crippen molar-refractivity contribution in [3.63, 3.8) is 0 Å². The van der Waals surface area contributed by atoms with Crippen molar-refractivity contribution in [3.05, 3.63) is 58.5 Å². The smallest absolute Gasteiger partial charge is 0.332 e. The molecule has 1 heterocycles. The summed E-state index contributed by atoms with van der Waals surface area (Å²) in [6.07, 6.45) is 0. The maximum Gasteiger partial charge on any atom is 0.332 e. The third kappa shape index (κ3) is 5.44. The van der Waals surface area contributed by atoms with Gasteiger partial charge in [-0.25, -0.2) is 22.9 Å². The Labute approximate surface area is 183 Å². The van der Waals surface area contributed by atoms with Crippen molar-refractivity contribution in [1.29, 1.82) is 0 Å². The number of benzene rings is 2. The molecule has 166 valence electrons. The molecule has 3 aromatic rings. The molecule has 1 aromatic heterocycles. The van der Waals surface area contributed by atoms with Crippen LogP contribution in [0.1, 0.15) is 67.7 Å². The molecule has 0 bridgehead atoms. The van der Waals surface area contributed by atoms with Crippen molar-refractivity contribution < 1.29 is 17.6 Å². The lowest BCUT2D eigenvalue weighted by molar-refractivity contribution is 0.256. The van der Waals surface area contributed by atoms with Crippen molar-refractivity contribution in [2.45, 2.75) is 59.1 Å². The first-order valence-electron chi connectivity index (χ1n) is 10.3. The van der Waals surface area contributed by atoms with E-state index in [-0.39, 0.29) is 17.6 Å². The molecule has 0 spiro atoms. The van der Waals surface area contributed by atoms with Crippen LogP contribution in [0.4, 0.5) is 10.5 Å². The highest BCUT2D eigenvalue weighted by Crippen LogP contribution is 2.33. The van der Waals surface area contributed by atoms with E-state index in [1.165, 1.54) is 0 Å². The molecule has 0 saturated heterocycles. The average molecular weight is 444 g/mol. The second-order valence-electron chi connectivity index (χ2n) is 8.48. The number of urea groups is 1. The quantitative estimate of drug-likeness (QED) is 0.535. The Balaban J connectivity index is 1.80. The van der Waals surface area contributed by atoms with Gasteiger partial charge in [0.2, 0.25) is 10.0 Å². The molecule has 0 radical (unpaired) electrons. The lowest BCUT2D eigenvalue weighted by Gasteiger charge is -2.21.